The minimum absolute atomic E-state index is 0.170. The molecule has 5 heteroatoms. The molecule has 0 unspecified atom stereocenters. The first-order chi connectivity index (χ1) is 6.24. The van der Waals surface area contributed by atoms with Crippen molar-refractivity contribution in [3.63, 3.8) is 0 Å². The van der Waals surface area contributed by atoms with E-state index in [4.69, 9.17) is 18.0 Å². The summed E-state index contributed by atoms with van der Waals surface area (Å²) in [5, 5.41) is 2.69. The number of rotatable bonds is 2. The molecule has 1 aromatic heterocycles. The van der Waals surface area contributed by atoms with E-state index in [9.17, 15) is 4.79 Å². The fraction of sp³-hybridized carbons (Fsp3) is 0.125. The molecule has 0 bridgehead atoms. The van der Waals surface area contributed by atoms with Crippen LogP contribution in [0.2, 0.25) is 5.15 Å². The summed E-state index contributed by atoms with van der Waals surface area (Å²) < 4.78 is 0. The van der Waals surface area contributed by atoms with Crippen LogP contribution in [0.5, 0.6) is 0 Å². The highest BCUT2D eigenvalue weighted by Crippen LogP contribution is 2.00. The predicted molar refractivity (Wildman–Crippen MR) is 48.2 cm³/mol. The van der Waals surface area contributed by atoms with Gasteiger partial charge in [-0.25, -0.2) is 9.97 Å². The fourth-order valence-electron chi connectivity index (χ4n) is 0.651. The number of aromatic nitrogens is 2. The summed E-state index contributed by atoms with van der Waals surface area (Å²) in [7, 11) is 0. The predicted octanol–water partition coefficient (Wildman–Crippen LogP) is 0.493. The third kappa shape index (κ3) is 2.73. The van der Waals surface area contributed by atoms with E-state index in [2.05, 4.69) is 21.2 Å². The molecule has 13 heavy (non-hydrogen) atoms. The summed E-state index contributed by atoms with van der Waals surface area (Å²) in [6, 6.07) is 0. The molecule has 66 valence electrons. The number of nitrogens with zero attached hydrogens (tertiary/aromatic N) is 2. The van der Waals surface area contributed by atoms with Gasteiger partial charge in [-0.15, -0.1) is 6.42 Å². The zero-order valence-corrected chi connectivity index (χ0v) is 7.38. The quantitative estimate of drug-likeness (QED) is 0.699. The molecular weight excluding hydrogens is 190 g/mol. The maximum Gasteiger partial charge on any atom is 0.272 e. The molecule has 0 aliphatic carbocycles. The Morgan fingerprint density at radius 1 is 1.62 bits per heavy atom. The lowest BCUT2D eigenvalue weighted by Gasteiger charge is -1.98. The zero-order valence-electron chi connectivity index (χ0n) is 6.62. The van der Waals surface area contributed by atoms with Crippen LogP contribution in [0, 0.1) is 12.3 Å². The van der Waals surface area contributed by atoms with E-state index in [1.54, 1.807) is 0 Å². The zero-order chi connectivity index (χ0) is 9.68. The SMILES string of the molecule is C#CCNC(=O)c1cnc(Cl)cn1. The summed E-state index contributed by atoms with van der Waals surface area (Å²) in [5.74, 6) is 1.91. The minimum atomic E-state index is -0.359. The maximum atomic E-state index is 11.2. The van der Waals surface area contributed by atoms with Crippen molar-refractivity contribution >= 4 is 17.5 Å². The Bertz CT molecular complexity index is 341. The van der Waals surface area contributed by atoms with Crippen molar-refractivity contribution in [2.45, 2.75) is 0 Å². The molecule has 1 N–H and O–H groups in total. The van der Waals surface area contributed by atoms with Crippen molar-refractivity contribution in [2.75, 3.05) is 6.54 Å². The molecule has 0 aliphatic heterocycles. The van der Waals surface area contributed by atoms with Gasteiger partial charge in [0, 0.05) is 0 Å². The number of nitrogens with one attached hydrogen (secondary N) is 1. The summed E-state index contributed by atoms with van der Waals surface area (Å²) in [6.45, 7) is 0.170. The number of carbonyl (C=O) groups excluding carboxylic acids is 1. The smallest absolute Gasteiger partial charge is 0.272 e. The van der Waals surface area contributed by atoms with Crippen LogP contribution in [0.15, 0.2) is 12.4 Å². The number of carbonyl (C=O) groups is 1. The molecule has 0 saturated heterocycles. The van der Waals surface area contributed by atoms with E-state index in [0.717, 1.165) is 0 Å². The largest absolute Gasteiger partial charge is 0.340 e. The average Bonchev–Trinajstić information content (AvgIpc) is 2.15. The fourth-order valence-corrected chi connectivity index (χ4v) is 0.749. The van der Waals surface area contributed by atoms with Gasteiger partial charge >= 0.3 is 0 Å². The molecule has 0 fully saturated rings. The molecule has 4 nitrogen and oxygen atoms in total. The number of terminal acetylenes is 1. The minimum Gasteiger partial charge on any atom is -0.340 e. The standard InChI is InChI=1S/C8H6ClN3O/c1-2-3-10-8(13)6-4-12-7(9)5-11-6/h1,4-5H,3H2,(H,10,13). The van der Waals surface area contributed by atoms with Crippen LogP contribution in [-0.2, 0) is 0 Å². The van der Waals surface area contributed by atoms with Gasteiger partial charge in [0.25, 0.3) is 5.91 Å². The van der Waals surface area contributed by atoms with Gasteiger partial charge in [0.1, 0.15) is 10.8 Å². The molecule has 0 atom stereocenters. The van der Waals surface area contributed by atoms with Gasteiger partial charge in [-0.1, -0.05) is 17.5 Å². The van der Waals surface area contributed by atoms with Gasteiger partial charge in [-0.05, 0) is 0 Å². The first kappa shape index (κ1) is 9.49. The monoisotopic (exact) mass is 195 g/mol. The van der Waals surface area contributed by atoms with E-state index < -0.39 is 0 Å². The Balaban J connectivity index is 2.68. The van der Waals surface area contributed by atoms with E-state index >= 15 is 0 Å². The summed E-state index contributed by atoms with van der Waals surface area (Å²) in [4.78, 5) is 18.6. The maximum absolute atomic E-state index is 11.2. The third-order valence-corrected chi connectivity index (χ3v) is 1.40. The van der Waals surface area contributed by atoms with Gasteiger partial charge in [0.2, 0.25) is 0 Å². The van der Waals surface area contributed by atoms with Gasteiger partial charge in [-0.3, -0.25) is 4.79 Å². The molecule has 0 aromatic carbocycles. The van der Waals surface area contributed by atoms with Crippen LogP contribution >= 0.6 is 11.6 Å². The molecule has 0 radical (unpaired) electrons. The van der Waals surface area contributed by atoms with E-state index in [0.29, 0.717) is 0 Å². The van der Waals surface area contributed by atoms with Crippen LogP contribution in [0.1, 0.15) is 10.5 Å². The molecule has 1 rings (SSSR count). The van der Waals surface area contributed by atoms with Crippen LogP contribution in [0.3, 0.4) is 0 Å². The Morgan fingerprint density at radius 2 is 2.38 bits per heavy atom. The van der Waals surface area contributed by atoms with Gasteiger partial charge < -0.3 is 5.32 Å². The highest BCUT2D eigenvalue weighted by atomic mass is 35.5. The number of hydrogen-bond acceptors (Lipinski definition) is 3. The Hall–Kier alpha value is -1.60. The van der Waals surface area contributed by atoms with Crippen molar-refractivity contribution in [2.24, 2.45) is 0 Å². The van der Waals surface area contributed by atoms with Crippen LogP contribution in [0.25, 0.3) is 0 Å². The van der Waals surface area contributed by atoms with Crippen molar-refractivity contribution in [3.8, 4) is 12.3 Å². The highest BCUT2D eigenvalue weighted by molar-refractivity contribution is 6.29. The summed E-state index contributed by atoms with van der Waals surface area (Å²) in [6.07, 6.45) is 7.54. The molecule has 0 saturated carbocycles. The topological polar surface area (TPSA) is 54.9 Å². The molecule has 1 amide bonds. The molecule has 0 spiro atoms. The molecular formula is C8H6ClN3O. The number of hydrogen-bond donors (Lipinski definition) is 1. The van der Waals surface area contributed by atoms with E-state index in [-0.39, 0.29) is 23.3 Å². The number of halogens is 1. The first-order valence-electron chi connectivity index (χ1n) is 3.43. The van der Waals surface area contributed by atoms with Crippen molar-refractivity contribution in [1.82, 2.24) is 15.3 Å². The van der Waals surface area contributed by atoms with Crippen molar-refractivity contribution in [3.05, 3.63) is 23.2 Å². The second-order valence-electron chi connectivity index (χ2n) is 2.11. The van der Waals surface area contributed by atoms with E-state index in [1.165, 1.54) is 12.4 Å². The normalized spacial score (nSPS) is 8.92. The lowest BCUT2D eigenvalue weighted by molar-refractivity contribution is 0.0953. The molecule has 1 aromatic rings. The van der Waals surface area contributed by atoms with Gasteiger partial charge in [-0.2, -0.15) is 0 Å². The highest BCUT2D eigenvalue weighted by Gasteiger charge is 2.05. The van der Waals surface area contributed by atoms with Gasteiger partial charge in [0.15, 0.2) is 0 Å². The Kier molecular flexibility index (Phi) is 3.23. The Labute approximate surface area is 80.3 Å². The van der Waals surface area contributed by atoms with E-state index in [1.807, 2.05) is 0 Å². The summed E-state index contributed by atoms with van der Waals surface area (Å²) >= 11 is 5.48. The van der Waals surface area contributed by atoms with Crippen LogP contribution < -0.4 is 5.32 Å². The van der Waals surface area contributed by atoms with Crippen LogP contribution in [-0.4, -0.2) is 22.4 Å². The lowest BCUT2D eigenvalue weighted by Crippen LogP contribution is -2.24. The van der Waals surface area contributed by atoms with Crippen LogP contribution in [0.4, 0.5) is 0 Å². The Morgan fingerprint density at radius 3 is 2.92 bits per heavy atom. The van der Waals surface area contributed by atoms with Crippen molar-refractivity contribution < 1.29 is 4.79 Å². The average molecular weight is 196 g/mol. The second-order valence-corrected chi connectivity index (χ2v) is 2.50. The lowest BCUT2D eigenvalue weighted by atomic mass is 10.4. The number of amides is 1. The molecule has 1 heterocycles. The molecule has 0 aliphatic rings. The van der Waals surface area contributed by atoms with Crippen molar-refractivity contribution in [1.29, 1.82) is 0 Å². The first-order valence-corrected chi connectivity index (χ1v) is 3.81. The summed E-state index contributed by atoms with van der Waals surface area (Å²) in [5.41, 5.74) is 0.194. The third-order valence-electron chi connectivity index (χ3n) is 1.20. The van der Waals surface area contributed by atoms with Gasteiger partial charge in [0.05, 0.1) is 18.9 Å². The second kappa shape index (κ2) is 4.43.